The Balaban J connectivity index is 0.000000133. The van der Waals surface area contributed by atoms with Crippen molar-refractivity contribution in [1.82, 2.24) is 33.6 Å². The van der Waals surface area contributed by atoms with Gasteiger partial charge in [0.2, 0.25) is 5.95 Å². The molecule has 448 valence electrons. The van der Waals surface area contributed by atoms with Crippen molar-refractivity contribution in [3.63, 3.8) is 0 Å². The molecule has 0 N–H and O–H groups in total. The standard InChI is InChI=1S/C46H26N4O2.C40H25N3O/c1-2-12-27(13-3-1)34-26-41(49-35-18-8-4-16-32(35)42-37(49)24-22-30-28-14-6-10-20-39(28)51-44(30)42)48-46(47-34)50-36-19-9-5-17-33(36)43-38(50)25-23-31-29-15-7-11-21-40(29)52-45(31)43;1-3-12-26(13-4-1)33-25-34(42-40(41-33)27-14-5-2-6-15-27)28-16-11-17-29(24-28)43-35-20-9-7-19-32(35)38-36(43)23-22-31-30-18-8-10-21-37(30)44-39(31)38/h1-26H;1-25H. The number of para-hydroxylation sites is 6. The van der Waals surface area contributed by atoms with Crippen LogP contribution < -0.4 is 0 Å². The SMILES string of the molecule is c1ccc(-c2cc(-c3cccc(-n4c5ccccc5c5c6oc7ccccc7c6ccc54)c3)nc(-c3ccccc3)n2)cc1.c1ccc(-c2cc(-n3c4ccccc4c4c5oc6ccccc6c5ccc43)nc(-n3c4ccccc4c4c5oc6ccccc6c5ccc43)n2)cc1. The summed E-state index contributed by atoms with van der Waals surface area (Å²) in [5, 5.41) is 13.3. The number of nitrogens with zero attached hydrogens (tertiary/aromatic N) is 7. The van der Waals surface area contributed by atoms with Crippen molar-refractivity contribution in [2.45, 2.75) is 0 Å². The second kappa shape index (κ2) is 21.2. The molecule has 0 unspecified atom stereocenters. The normalized spacial score (nSPS) is 12.0. The molecule has 0 aliphatic rings. The van der Waals surface area contributed by atoms with Gasteiger partial charge >= 0.3 is 0 Å². The fourth-order valence-electron chi connectivity index (χ4n) is 14.7. The highest BCUT2D eigenvalue weighted by Crippen LogP contribution is 2.45. The van der Waals surface area contributed by atoms with Gasteiger partial charge < -0.3 is 17.8 Å². The summed E-state index contributed by atoms with van der Waals surface area (Å²) in [5.74, 6) is 2.05. The molecular weight excluding hydrogens is 1180 g/mol. The van der Waals surface area contributed by atoms with E-state index in [-0.39, 0.29) is 0 Å². The van der Waals surface area contributed by atoms with E-state index in [2.05, 4.69) is 232 Å². The van der Waals surface area contributed by atoms with E-state index in [1.54, 1.807) is 0 Å². The molecule has 0 radical (unpaired) electrons. The number of benzene rings is 13. The van der Waals surface area contributed by atoms with Crippen molar-refractivity contribution in [3.8, 4) is 62.6 Å². The molecular formula is C86H51N7O3. The van der Waals surface area contributed by atoms with Crippen LogP contribution in [0.4, 0.5) is 0 Å². The van der Waals surface area contributed by atoms with Gasteiger partial charge in [-0.3, -0.25) is 9.13 Å². The lowest BCUT2D eigenvalue weighted by Gasteiger charge is -2.13. The van der Waals surface area contributed by atoms with Crippen LogP contribution in [0, 0.1) is 0 Å². The summed E-state index contributed by atoms with van der Waals surface area (Å²) in [6.45, 7) is 0. The van der Waals surface area contributed by atoms with Crippen molar-refractivity contribution < 1.29 is 13.3 Å². The van der Waals surface area contributed by atoms with E-state index >= 15 is 0 Å². The topological polar surface area (TPSA) is 106 Å². The lowest BCUT2D eigenvalue weighted by Crippen LogP contribution is -2.07. The van der Waals surface area contributed by atoms with Gasteiger partial charge in [-0.15, -0.1) is 0 Å². The van der Waals surface area contributed by atoms with Gasteiger partial charge in [0.15, 0.2) is 5.82 Å². The highest BCUT2D eigenvalue weighted by Gasteiger charge is 2.25. The van der Waals surface area contributed by atoms with Crippen LogP contribution in [0.15, 0.2) is 323 Å². The van der Waals surface area contributed by atoms with Gasteiger partial charge in [-0.2, -0.15) is 4.98 Å². The molecule has 8 aromatic heterocycles. The van der Waals surface area contributed by atoms with Gasteiger partial charge in [0.25, 0.3) is 0 Å². The van der Waals surface area contributed by atoms with Crippen LogP contribution in [0.1, 0.15) is 0 Å². The summed E-state index contributed by atoms with van der Waals surface area (Å²) in [5.41, 5.74) is 19.3. The molecule has 10 heteroatoms. The third-order valence-corrected chi connectivity index (χ3v) is 19.0. The summed E-state index contributed by atoms with van der Waals surface area (Å²) >= 11 is 0. The van der Waals surface area contributed by atoms with Gasteiger partial charge in [0, 0.05) is 82.5 Å². The first-order valence-corrected chi connectivity index (χ1v) is 32.2. The van der Waals surface area contributed by atoms with Crippen LogP contribution >= 0.6 is 0 Å². The molecule has 0 saturated carbocycles. The predicted octanol–water partition coefficient (Wildman–Crippen LogP) is 22.6. The smallest absolute Gasteiger partial charge is 0.237 e. The van der Waals surface area contributed by atoms with Crippen LogP contribution in [-0.4, -0.2) is 33.6 Å². The van der Waals surface area contributed by atoms with E-state index in [9.17, 15) is 0 Å². The maximum absolute atomic E-state index is 6.59. The zero-order valence-electron chi connectivity index (χ0n) is 51.3. The first-order chi connectivity index (χ1) is 47.6. The summed E-state index contributed by atoms with van der Waals surface area (Å²) in [7, 11) is 0. The zero-order chi connectivity index (χ0) is 63.0. The molecule has 0 amide bonds. The summed E-state index contributed by atoms with van der Waals surface area (Å²) < 4.78 is 26.4. The van der Waals surface area contributed by atoms with Gasteiger partial charge in [0.05, 0.1) is 66.3 Å². The van der Waals surface area contributed by atoms with E-state index in [4.69, 9.17) is 33.2 Å². The van der Waals surface area contributed by atoms with E-state index < -0.39 is 0 Å². The second-order valence-electron chi connectivity index (χ2n) is 24.4. The maximum atomic E-state index is 6.59. The first kappa shape index (κ1) is 53.5. The van der Waals surface area contributed by atoms with Crippen LogP contribution in [0.2, 0.25) is 0 Å². The van der Waals surface area contributed by atoms with Crippen molar-refractivity contribution >= 4 is 131 Å². The molecule has 0 fully saturated rings. The fraction of sp³-hybridized carbons (Fsp3) is 0. The minimum absolute atomic E-state index is 0.578. The van der Waals surface area contributed by atoms with Crippen LogP contribution in [-0.2, 0) is 0 Å². The van der Waals surface area contributed by atoms with Crippen LogP contribution in [0.5, 0.6) is 0 Å². The van der Waals surface area contributed by atoms with Crippen LogP contribution in [0.3, 0.4) is 0 Å². The molecule has 96 heavy (non-hydrogen) atoms. The van der Waals surface area contributed by atoms with Gasteiger partial charge in [0.1, 0.15) is 39.3 Å². The Morgan fingerprint density at radius 1 is 0.229 bits per heavy atom. The van der Waals surface area contributed by atoms with Crippen molar-refractivity contribution in [1.29, 1.82) is 0 Å². The van der Waals surface area contributed by atoms with E-state index in [1.165, 1.54) is 0 Å². The molecule has 21 aromatic rings. The molecule has 0 atom stereocenters. The van der Waals surface area contributed by atoms with Crippen molar-refractivity contribution in [2.24, 2.45) is 0 Å². The Kier molecular flexibility index (Phi) is 11.8. The van der Waals surface area contributed by atoms with Gasteiger partial charge in [-0.05, 0) is 91.0 Å². The minimum Gasteiger partial charge on any atom is -0.455 e. The largest absolute Gasteiger partial charge is 0.455 e. The molecule has 8 heterocycles. The van der Waals surface area contributed by atoms with E-state index in [0.29, 0.717) is 11.8 Å². The second-order valence-corrected chi connectivity index (χ2v) is 24.4. The third kappa shape index (κ3) is 8.25. The number of furan rings is 3. The first-order valence-electron chi connectivity index (χ1n) is 32.2. The lowest BCUT2D eigenvalue weighted by molar-refractivity contribution is 0.672. The highest BCUT2D eigenvalue weighted by molar-refractivity contribution is 6.26. The fourth-order valence-corrected chi connectivity index (χ4v) is 14.7. The Morgan fingerprint density at radius 2 is 0.604 bits per heavy atom. The van der Waals surface area contributed by atoms with Crippen molar-refractivity contribution in [2.75, 3.05) is 0 Å². The molecule has 0 spiro atoms. The molecule has 0 aliphatic carbocycles. The monoisotopic (exact) mass is 1230 g/mol. The number of fused-ring (bicyclic) bond motifs is 21. The number of aromatic nitrogens is 7. The molecule has 10 nitrogen and oxygen atoms in total. The zero-order valence-corrected chi connectivity index (χ0v) is 51.3. The Labute approximate surface area is 547 Å². The summed E-state index contributed by atoms with van der Waals surface area (Å²) in [4.78, 5) is 20.8. The molecule has 0 aliphatic heterocycles. The van der Waals surface area contributed by atoms with Gasteiger partial charge in [-0.25, -0.2) is 15.0 Å². The molecule has 0 bridgehead atoms. The Hall–Kier alpha value is -13.2. The summed E-state index contributed by atoms with van der Waals surface area (Å²) in [6.07, 6.45) is 0. The quantitative estimate of drug-likeness (QED) is 0.156. The van der Waals surface area contributed by atoms with Gasteiger partial charge in [-0.1, -0.05) is 212 Å². The Morgan fingerprint density at radius 3 is 1.10 bits per heavy atom. The van der Waals surface area contributed by atoms with Crippen LogP contribution in [0.25, 0.3) is 194 Å². The number of rotatable bonds is 7. The maximum Gasteiger partial charge on any atom is 0.237 e. The number of hydrogen-bond donors (Lipinski definition) is 0. The molecule has 21 rings (SSSR count). The van der Waals surface area contributed by atoms with E-state index in [1.807, 2.05) is 91.0 Å². The van der Waals surface area contributed by atoms with Crippen molar-refractivity contribution in [3.05, 3.63) is 309 Å². The van der Waals surface area contributed by atoms with E-state index in [0.717, 1.165) is 182 Å². The average molecular weight is 1230 g/mol. The minimum atomic E-state index is 0.578. The lowest BCUT2D eigenvalue weighted by atomic mass is 10.1. The Bertz CT molecular complexity index is 6450. The third-order valence-electron chi connectivity index (χ3n) is 19.0. The molecule has 13 aromatic carbocycles. The summed E-state index contributed by atoms with van der Waals surface area (Å²) in [6, 6.07) is 107. The average Bonchev–Trinajstić information content (AvgIpc) is 1.58. The number of hydrogen-bond acceptors (Lipinski definition) is 7. The highest BCUT2D eigenvalue weighted by atomic mass is 16.3. The predicted molar refractivity (Wildman–Crippen MR) is 391 cm³/mol. The molecule has 0 saturated heterocycles.